The van der Waals surface area contributed by atoms with E-state index in [2.05, 4.69) is 14.9 Å². The third-order valence-electron chi connectivity index (χ3n) is 5.35. The molecular weight excluding hydrogens is 479 g/mol. The Labute approximate surface area is 202 Å². The van der Waals surface area contributed by atoms with Gasteiger partial charge in [-0.15, -0.1) is 22.7 Å². The van der Waals surface area contributed by atoms with Gasteiger partial charge in [0, 0.05) is 66.6 Å². The molecule has 0 aliphatic carbocycles. The number of rotatable bonds is 8. The van der Waals surface area contributed by atoms with Crippen molar-refractivity contribution in [3.63, 3.8) is 0 Å². The molecule has 0 N–H and O–H groups in total. The number of benzene rings is 1. The quantitative estimate of drug-likeness (QED) is 0.248. The summed E-state index contributed by atoms with van der Waals surface area (Å²) in [5.74, 6) is 0. The van der Waals surface area contributed by atoms with Gasteiger partial charge in [-0.2, -0.15) is 13.2 Å². The van der Waals surface area contributed by atoms with E-state index in [0.717, 1.165) is 27.7 Å². The monoisotopic (exact) mass is 499 g/mol. The van der Waals surface area contributed by atoms with E-state index in [1.54, 1.807) is 18.5 Å². The second kappa shape index (κ2) is 9.57. The van der Waals surface area contributed by atoms with E-state index in [-0.39, 0.29) is 0 Å². The predicted octanol–water partition coefficient (Wildman–Crippen LogP) is 6.40. The van der Waals surface area contributed by atoms with Crippen molar-refractivity contribution in [1.82, 2.24) is 24.0 Å². The van der Waals surface area contributed by atoms with Crippen molar-refractivity contribution in [3.8, 4) is 10.3 Å². The lowest BCUT2D eigenvalue weighted by Gasteiger charge is -2.24. The van der Waals surface area contributed by atoms with Crippen LogP contribution in [0.2, 0.25) is 0 Å². The fourth-order valence-corrected chi connectivity index (χ4v) is 5.18. The van der Waals surface area contributed by atoms with E-state index in [9.17, 15) is 13.2 Å². The number of nitrogens with zero attached hydrogens (tertiary/aromatic N) is 5. The Kier molecular flexibility index (Phi) is 6.36. The Balaban J connectivity index is 1.46. The van der Waals surface area contributed by atoms with Crippen LogP contribution in [0.15, 0.2) is 84.1 Å². The van der Waals surface area contributed by atoms with Crippen LogP contribution < -0.4 is 0 Å². The first kappa shape index (κ1) is 22.6. The van der Waals surface area contributed by atoms with Gasteiger partial charge in [0.15, 0.2) is 10.3 Å². The maximum absolute atomic E-state index is 13.3. The Morgan fingerprint density at radius 1 is 0.765 bits per heavy atom. The molecule has 5 aromatic rings. The van der Waals surface area contributed by atoms with E-state index in [1.165, 1.54) is 34.8 Å². The van der Waals surface area contributed by atoms with Crippen LogP contribution in [-0.2, 0) is 25.8 Å². The highest BCUT2D eigenvalue weighted by Crippen LogP contribution is 2.30. The van der Waals surface area contributed by atoms with Gasteiger partial charge < -0.3 is 0 Å². The average Bonchev–Trinajstić information content (AvgIpc) is 3.60. The largest absolute Gasteiger partial charge is 0.416 e. The molecule has 0 atom stereocenters. The topological polar surface area (TPSA) is 38.9 Å². The summed E-state index contributed by atoms with van der Waals surface area (Å²) in [5, 5.41) is 5.54. The molecule has 5 rings (SSSR count). The SMILES string of the molecule is FC(F)(F)c1cccc(CN(Cc2cccn2-c2nccs2)Cc2cccn2-c2nccs2)c1. The van der Waals surface area contributed by atoms with Crippen LogP contribution in [-0.4, -0.2) is 24.0 Å². The molecule has 0 radical (unpaired) electrons. The van der Waals surface area contributed by atoms with E-state index < -0.39 is 11.7 Å². The van der Waals surface area contributed by atoms with Crippen molar-refractivity contribution in [1.29, 1.82) is 0 Å². The molecule has 0 aliphatic rings. The number of hydrogen-bond acceptors (Lipinski definition) is 5. The van der Waals surface area contributed by atoms with E-state index >= 15 is 0 Å². The van der Waals surface area contributed by atoms with E-state index in [4.69, 9.17) is 0 Å². The summed E-state index contributed by atoms with van der Waals surface area (Å²) in [6, 6.07) is 13.5. The lowest BCUT2D eigenvalue weighted by molar-refractivity contribution is -0.137. The zero-order chi connectivity index (χ0) is 23.5. The van der Waals surface area contributed by atoms with Crippen molar-refractivity contribution in [2.45, 2.75) is 25.8 Å². The van der Waals surface area contributed by atoms with Crippen LogP contribution in [0.1, 0.15) is 22.5 Å². The normalized spacial score (nSPS) is 12.0. The van der Waals surface area contributed by atoms with Crippen molar-refractivity contribution in [2.75, 3.05) is 0 Å². The Hall–Kier alpha value is -3.21. The molecule has 5 nitrogen and oxygen atoms in total. The molecule has 1 aromatic carbocycles. The van der Waals surface area contributed by atoms with Gasteiger partial charge in [0.05, 0.1) is 5.56 Å². The summed E-state index contributed by atoms with van der Waals surface area (Å²) in [4.78, 5) is 10.9. The molecule has 0 aliphatic heterocycles. The summed E-state index contributed by atoms with van der Waals surface area (Å²) in [5.41, 5.74) is 1.99. The lowest BCUT2D eigenvalue weighted by Crippen LogP contribution is -2.25. The van der Waals surface area contributed by atoms with Gasteiger partial charge in [-0.05, 0) is 35.9 Å². The molecule has 4 heterocycles. The first-order chi connectivity index (χ1) is 16.5. The van der Waals surface area contributed by atoms with Crippen molar-refractivity contribution in [3.05, 3.63) is 107 Å². The second-order valence-corrected chi connectivity index (χ2v) is 9.46. The molecule has 0 unspecified atom stereocenters. The minimum Gasteiger partial charge on any atom is -0.296 e. The summed E-state index contributed by atoms with van der Waals surface area (Å²) in [6.45, 7) is 1.42. The number of thiazole rings is 2. The molecule has 0 bridgehead atoms. The summed E-state index contributed by atoms with van der Waals surface area (Å²) in [6.07, 6.45) is 3.04. The van der Waals surface area contributed by atoms with E-state index in [0.29, 0.717) is 25.2 Å². The van der Waals surface area contributed by atoms with Crippen LogP contribution in [0.3, 0.4) is 0 Å². The highest BCUT2D eigenvalue weighted by Gasteiger charge is 2.30. The minimum absolute atomic E-state index is 0.357. The van der Waals surface area contributed by atoms with Gasteiger partial charge in [-0.3, -0.25) is 14.0 Å². The number of alkyl halides is 3. The van der Waals surface area contributed by atoms with Crippen LogP contribution in [0, 0.1) is 0 Å². The third-order valence-corrected chi connectivity index (χ3v) is 6.89. The molecule has 10 heteroatoms. The molecule has 0 amide bonds. The molecule has 4 aromatic heterocycles. The molecule has 0 saturated heterocycles. The van der Waals surface area contributed by atoms with Crippen molar-refractivity contribution in [2.24, 2.45) is 0 Å². The van der Waals surface area contributed by atoms with Crippen LogP contribution in [0.4, 0.5) is 13.2 Å². The molecule has 0 spiro atoms. The smallest absolute Gasteiger partial charge is 0.296 e. The van der Waals surface area contributed by atoms with Gasteiger partial charge in [-0.25, -0.2) is 9.97 Å². The van der Waals surface area contributed by atoms with Crippen LogP contribution >= 0.6 is 22.7 Å². The zero-order valence-electron chi connectivity index (χ0n) is 17.9. The predicted molar refractivity (Wildman–Crippen MR) is 127 cm³/mol. The maximum Gasteiger partial charge on any atom is 0.416 e. The Morgan fingerprint density at radius 2 is 1.35 bits per heavy atom. The Bertz CT molecular complexity index is 1260. The molecular formula is C24H20F3N5S2. The first-order valence-corrected chi connectivity index (χ1v) is 12.2. The number of hydrogen-bond donors (Lipinski definition) is 0. The molecule has 0 fully saturated rings. The highest BCUT2D eigenvalue weighted by atomic mass is 32.1. The van der Waals surface area contributed by atoms with E-state index in [1.807, 2.05) is 56.6 Å². The summed E-state index contributed by atoms with van der Waals surface area (Å²) >= 11 is 3.07. The molecule has 174 valence electrons. The maximum atomic E-state index is 13.3. The first-order valence-electron chi connectivity index (χ1n) is 10.5. The molecule has 0 saturated carbocycles. The molecule has 34 heavy (non-hydrogen) atoms. The van der Waals surface area contributed by atoms with Crippen LogP contribution in [0.5, 0.6) is 0 Å². The number of aromatic nitrogens is 4. The summed E-state index contributed by atoms with van der Waals surface area (Å²) in [7, 11) is 0. The standard InChI is InChI=1S/C24H20F3N5S2/c25-24(26,27)19-5-1-4-18(14-19)15-30(16-20-6-2-10-31(20)22-28-8-12-33-22)17-21-7-3-11-32(21)23-29-9-13-34-23/h1-14H,15-17H2. The lowest BCUT2D eigenvalue weighted by atomic mass is 10.1. The zero-order valence-corrected chi connectivity index (χ0v) is 19.5. The van der Waals surface area contributed by atoms with Gasteiger partial charge >= 0.3 is 6.18 Å². The average molecular weight is 500 g/mol. The van der Waals surface area contributed by atoms with Crippen LogP contribution in [0.25, 0.3) is 10.3 Å². The highest BCUT2D eigenvalue weighted by molar-refractivity contribution is 7.12. The van der Waals surface area contributed by atoms with Gasteiger partial charge in [-0.1, -0.05) is 18.2 Å². The van der Waals surface area contributed by atoms with Crippen molar-refractivity contribution >= 4 is 22.7 Å². The third kappa shape index (κ3) is 4.98. The number of halogens is 3. The minimum atomic E-state index is -4.38. The summed E-state index contributed by atoms with van der Waals surface area (Å²) < 4.78 is 43.9. The van der Waals surface area contributed by atoms with Crippen molar-refractivity contribution < 1.29 is 13.2 Å². The Morgan fingerprint density at radius 3 is 1.85 bits per heavy atom. The second-order valence-electron chi connectivity index (χ2n) is 7.71. The van der Waals surface area contributed by atoms with Gasteiger partial charge in [0.2, 0.25) is 0 Å². The fourth-order valence-electron chi connectivity index (χ4n) is 3.86. The van der Waals surface area contributed by atoms with Gasteiger partial charge in [0.25, 0.3) is 0 Å². The fraction of sp³-hybridized carbons (Fsp3) is 0.167. The van der Waals surface area contributed by atoms with Gasteiger partial charge in [0.1, 0.15) is 0 Å².